The number of aromatic nitrogens is 12. The van der Waals surface area contributed by atoms with Crippen molar-refractivity contribution in [3.63, 3.8) is 0 Å². The van der Waals surface area contributed by atoms with Crippen LogP contribution in [-0.4, -0.2) is 118 Å². The molecule has 0 aliphatic rings. The summed E-state index contributed by atoms with van der Waals surface area (Å²) in [7, 11) is 4.88. The average Bonchev–Trinajstić information content (AvgIpc) is 1.48. The Balaban J connectivity index is 0.000000152. The van der Waals surface area contributed by atoms with Gasteiger partial charge in [0, 0.05) is 77.1 Å². The quantitative estimate of drug-likeness (QED) is 0.0351. The number of H-pyrrole nitrogens is 3. The molecule has 0 bridgehead atoms. The first-order valence-corrected chi connectivity index (χ1v) is 38.0. The van der Waals surface area contributed by atoms with Crippen LogP contribution in [0.1, 0.15) is 93.4 Å². The van der Waals surface area contributed by atoms with Gasteiger partial charge in [0.1, 0.15) is 17.2 Å². The number of fused-ring (bicyclic) bond motifs is 3. The van der Waals surface area contributed by atoms with E-state index in [1.54, 1.807) is 85.7 Å². The molecule has 9 heterocycles. The van der Waals surface area contributed by atoms with Crippen molar-refractivity contribution in [2.45, 2.75) is 80.4 Å². The molecule has 3 atom stereocenters. The van der Waals surface area contributed by atoms with Crippen molar-refractivity contribution >= 4 is 69.2 Å². The summed E-state index contributed by atoms with van der Waals surface area (Å²) in [5.74, 6) is 3.08. The molecular weight excluding hydrogens is 1480 g/mol. The van der Waals surface area contributed by atoms with Crippen molar-refractivity contribution in [1.82, 2.24) is 63.9 Å². The first kappa shape index (κ1) is 80.3. The van der Waals surface area contributed by atoms with Crippen LogP contribution in [0.2, 0.25) is 0 Å². The van der Waals surface area contributed by atoms with E-state index in [1.165, 1.54) is 0 Å². The molecule has 0 aliphatic heterocycles. The zero-order valence-corrected chi connectivity index (χ0v) is 66.7. The fraction of sp³-hybridized carbons (Fsp3) is 0.200. The Hall–Kier alpha value is -14.8. The summed E-state index contributed by atoms with van der Waals surface area (Å²) in [5.41, 5.74) is 18.4. The lowest BCUT2D eigenvalue weighted by Crippen LogP contribution is -2.28. The predicted molar refractivity (Wildman–Crippen MR) is 456 cm³/mol. The fourth-order valence-electron chi connectivity index (χ4n) is 14.3. The summed E-state index contributed by atoms with van der Waals surface area (Å²) in [5, 5.41) is 10.7. The van der Waals surface area contributed by atoms with Crippen LogP contribution in [-0.2, 0) is 9.47 Å². The number of hydrogen-bond acceptors (Lipinski definition) is 17. The Labute approximate surface area is 673 Å². The molecule has 0 radical (unpaired) electrons. The fourth-order valence-corrected chi connectivity index (χ4v) is 14.3. The number of rotatable bonds is 21. The maximum Gasteiger partial charge on any atom is 0.413 e. The van der Waals surface area contributed by atoms with Crippen LogP contribution in [0.15, 0.2) is 233 Å². The Morgan fingerprint density at radius 1 is 0.385 bits per heavy atom. The SMILES string of the molecule is CCNC(=O)Nc1nc2c(-c3ccccn3)cc(-c3cc(C)n([C@@H](C)c4cccc(OC)c4)c(=O)c3)cc2[nH]1.CCOC(=O)Nc1nc2c(-c3ccccn3)cc(-c3cc(C)n(C(C)c4cccc(OC)c4)c(=O)c3)cc2[nH]1.CCOC(=O)Nc1nc2c(-c3ccccn3)cc(-c3cc(C)n([C@@H](C)c4cccc(OC)c4)c(=O)c3)cc2[nH]1. The van der Waals surface area contributed by atoms with Gasteiger partial charge in [0.15, 0.2) is 0 Å². The first-order chi connectivity index (χ1) is 56.6. The number of carbonyl (C=O) groups is 3. The number of carbonyl (C=O) groups excluding carboxylic acids is 3. The van der Waals surface area contributed by atoms with Gasteiger partial charge in [-0.05, 0) is 240 Å². The smallest absolute Gasteiger partial charge is 0.413 e. The molecular formula is C90H88N16O11. The molecule has 6 aromatic carbocycles. The Bertz CT molecular complexity index is 5730. The maximum absolute atomic E-state index is 13.5. The van der Waals surface area contributed by atoms with Gasteiger partial charge in [-0.3, -0.25) is 45.3 Å². The highest BCUT2D eigenvalue weighted by Gasteiger charge is 2.24. The zero-order chi connectivity index (χ0) is 82.6. The zero-order valence-electron chi connectivity index (χ0n) is 66.7. The number of amides is 4. The number of anilines is 3. The van der Waals surface area contributed by atoms with Crippen LogP contribution in [0.25, 0.3) is 100 Å². The topological polar surface area (TPSA) is 336 Å². The van der Waals surface area contributed by atoms with Gasteiger partial charge in [-0.1, -0.05) is 54.6 Å². The Kier molecular flexibility index (Phi) is 24.7. The third-order valence-electron chi connectivity index (χ3n) is 19.8. The molecule has 594 valence electrons. The second kappa shape index (κ2) is 35.9. The van der Waals surface area contributed by atoms with Crippen molar-refractivity contribution in [3.8, 4) is 84.4 Å². The molecule has 0 fully saturated rings. The van der Waals surface area contributed by atoms with Gasteiger partial charge in [-0.25, -0.2) is 29.3 Å². The highest BCUT2D eigenvalue weighted by molar-refractivity contribution is 6.00. The van der Waals surface area contributed by atoms with Gasteiger partial charge in [-0.15, -0.1) is 0 Å². The maximum atomic E-state index is 13.5. The van der Waals surface area contributed by atoms with Gasteiger partial charge < -0.3 is 57.7 Å². The van der Waals surface area contributed by atoms with Gasteiger partial charge in [0.05, 0.1) is 103 Å². The van der Waals surface area contributed by atoms with Gasteiger partial charge >= 0.3 is 18.2 Å². The largest absolute Gasteiger partial charge is 0.497 e. The monoisotopic (exact) mass is 1570 g/mol. The number of benzene rings is 6. The van der Waals surface area contributed by atoms with Gasteiger partial charge in [0.2, 0.25) is 17.8 Å². The number of imidazole rings is 3. The number of aromatic amines is 3. The number of aryl methyl sites for hydroxylation is 3. The number of nitrogens with one attached hydrogen (secondary N) is 7. The first-order valence-electron chi connectivity index (χ1n) is 38.0. The van der Waals surface area contributed by atoms with Crippen molar-refractivity contribution in [3.05, 3.63) is 284 Å². The number of methoxy groups -OCH3 is 3. The highest BCUT2D eigenvalue weighted by Crippen LogP contribution is 2.38. The molecule has 117 heavy (non-hydrogen) atoms. The van der Waals surface area contributed by atoms with E-state index in [2.05, 4.69) is 66.1 Å². The molecule has 15 rings (SSSR count). The Morgan fingerprint density at radius 3 is 0.966 bits per heavy atom. The second-order valence-corrected chi connectivity index (χ2v) is 27.5. The van der Waals surface area contributed by atoms with Crippen LogP contribution < -0.4 is 52.2 Å². The van der Waals surface area contributed by atoms with E-state index in [0.717, 1.165) is 118 Å². The van der Waals surface area contributed by atoms with E-state index in [0.29, 0.717) is 45.6 Å². The number of pyridine rings is 6. The van der Waals surface area contributed by atoms with E-state index in [-0.39, 0.29) is 65.9 Å². The van der Waals surface area contributed by atoms with Crippen LogP contribution in [0.3, 0.4) is 0 Å². The Morgan fingerprint density at radius 2 is 0.692 bits per heavy atom. The number of ether oxygens (including phenoxy) is 5. The van der Waals surface area contributed by atoms with Crippen molar-refractivity contribution in [2.75, 3.05) is 57.0 Å². The molecule has 0 saturated carbocycles. The summed E-state index contributed by atoms with van der Waals surface area (Å²) in [4.78, 5) is 113. The molecule has 0 saturated heterocycles. The van der Waals surface area contributed by atoms with Crippen LogP contribution in [0, 0.1) is 20.8 Å². The van der Waals surface area contributed by atoms with E-state index in [1.807, 2.05) is 230 Å². The van der Waals surface area contributed by atoms with Crippen LogP contribution in [0.4, 0.5) is 32.2 Å². The lowest BCUT2D eigenvalue weighted by molar-refractivity contribution is 0.166. The van der Waals surface area contributed by atoms with E-state index in [4.69, 9.17) is 23.7 Å². The van der Waals surface area contributed by atoms with Crippen LogP contribution in [0.5, 0.6) is 17.2 Å². The normalized spacial score (nSPS) is 11.8. The summed E-state index contributed by atoms with van der Waals surface area (Å²) in [6.07, 6.45) is 3.95. The molecule has 9 aromatic heterocycles. The standard InChI is InChI=1S/C30H30N6O3.2C30H29N5O4/c1-5-31-30(38)35-29-33-26-16-22(15-24(28(26)34-29)25-11-6-7-12-32-25)21-13-18(2)36(27(37)17-21)19(3)20-9-8-10-23(14-20)39-4;2*1-5-39-30(37)34-29-32-26-16-22(15-24(28(26)33-29)25-11-6-7-12-31-25)21-13-18(2)35(27(36)17-21)19(3)20-9-8-10-23(14-20)38-4/h6-17,19H,5H2,1-4H3,(H3,31,33,34,35,38);2*6-17,19H,5H2,1-4H3,(H2,32,33,34,37)/t2*19-;/m00./s1. The molecule has 0 spiro atoms. The van der Waals surface area contributed by atoms with Crippen molar-refractivity contribution < 1.29 is 38.1 Å². The number of nitrogens with zero attached hydrogens (tertiary/aromatic N) is 9. The summed E-state index contributed by atoms with van der Waals surface area (Å²) < 4.78 is 31.4. The second-order valence-electron chi connectivity index (χ2n) is 27.5. The van der Waals surface area contributed by atoms with Crippen LogP contribution >= 0.6 is 0 Å². The molecule has 27 heteroatoms. The molecule has 27 nitrogen and oxygen atoms in total. The van der Waals surface area contributed by atoms with Gasteiger partial charge in [-0.2, -0.15) is 0 Å². The minimum absolute atomic E-state index is 0.108. The molecule has 7 N–H and O–H groups in total. The lowest BCUT2D eigenvalue weighted by Gasteiger charge is -2.20. The predicted octanol–water partition coefficient (Wildman–Crippen LogP) is 17.4. The molecule has 15 aromatic rings. The molecule has 1 unspecified atom stereocenters. The van der Waals surface area contributed by atoms with Crippen molar-refractivity contribution in [1.29, 1.82) is 0 Å². The van der Waals surface area contributed by atoms with E-state index < -0.39 is 12.2 Å². The third kappa shape index (κ3) is 18.2. The number of hydrogen-bond donors (Lipinski definition) is 7. The summed E-state index contributed by atoms with van der Waals surface area (Å²) in [6, 6.07) is 61.8. The average molecular weight is 1570 g/mol. The molecule has 0 aliphatic carbocycles. The minimum Gasteiger partial charge on any atom is -0.497 e. The minimum atomic E-state index is -0.597. The summed E-state index contributed by atoms with van der Waals surface area (Å²) >= 11 is 0. The highest BCUT2D eigenvalue weighted by atomic mass is 16.6. The lowest BCUT2D eigenvalue weighted by atomic mass is 9.99. The third-order valence-corrected chi connectivity index (χ3v) is 19.8. The number of urea groups is 1. The van der Waals surface area contributed by atoms with Crippen molar-refractivity contribution in [2.24, 2.45) is 0 Å². The summed E-state index contributed by atoms with van der Waals surface area (Å²) in [6.45, 7) is 18.1. The van der Waals surface area contributed by atoms with Gasteiger partial charge in [0.25, 0.3) is 16.7 Å². The van der Waals surface area contributed by atoms with E-state index >= 15 is 0 Å². The molecule has 4 amide bonds. The van der Waals surface area contributed by atoms with E-state index in [9.17, 15) is 28.8 Å².